The molecule has 0 heterocycles. The van der Waals surface area contributed by atoms with Gasteiger partial charge in [0.05, 0.1) is 9.79 Å². The molecule has 0 amide bonds. The molecule has 12 nitrogen and oxygen atoms in total. The molecule has 0 aliphatic carbocycles. The molecule has 0 saturated carbocycles. The monoisotopic (exact) mass is 650 g/mol. The first kappa shape index (κ1) is 29.8. The fraction of sp³-hybridized carbons (Fsp3) is 0. The summed E-state index contributed by atoms with van der Waals surface area (Å²) >= 11 is 0. The Bertz CT molecular complexity index is 2310. The van der Waals surface area contributed by atoms with E-state index in [9.17, 15) is 27.0 Å². The number of hydrogen-bond acceptors (Lipinski definition) is 8. The van der Waals surface area contributed by atoms with Gasteiger partial charge in [-0.2, -0.15) is 0 Å². The summed E-state index contributed by atoms with van der Waals surface area (Å²) in [7, 11) is -8.14. The fourth-order valence-corrected chi connectivity index (χ4v) is 7.68. The third kappa shape index (κ3) is 5.35. The first-order valence-electron chi connectivity index (χ1n) is 13.5. The summed E-state index contributed by atoms with van der Waals surface area (Å²) < 4.78 is 58.1. The van der Waals surface area contributed by atoms with E-state index in [-0.39, 0.29) is 65.6 Å². The Balaban J connectivity index is 1.20. The van der Waals surface area contributed by atoms with Crippen LogP contribution in [0.4, 0.5) is 22.7 Å². The van der Waals surface area contributed by atoms with Crippen molar-refractivity contribution >= 4 is 64.3 Å². The number of rotatable bonds is 7. The Labute approximate surface area is 262 Å². The van der Waals surface area contributed by atoms with Gasteiger partial charge in [-0.05, 0) is 59.7 Å². The number of aromatic hydroxyl groups is 2. The Hall–Kier alpha value is -6.22. The lowest BCUT2D eigenvalue weighted by Gasteiger charge is -2.12. The second-order valence-electron chi connectivity index (χ2n) is 10.1. The topological polar surface area (TPSA) is 189 Å². The van der Waals surface area contributed by atoms with Crippen molar-refractivity contribution in [3.05, 3.63) is 119 Å². The van der Waals surface area contributed by atoms with Crippen molar-refractivity contribution in [3.63, 3.8) is 0 Å². The Kier molecular flexibility index (Phi) is 7.37. The van der Waals surface area contributed by atoms with Gasteiger partial charge < -0.3 is 10.2 Å². The van der Waals surface area contributed by atoms with E-state index in [4.69, 9.17) is 10.8 Å². The SMILES string of the molecule is N#[N+]c1ccc2c(S(=O)(=O)Nc3ccc(-c4ccc(NS(=O)(=O)c5cccc6c(O)c([N+]#N)ccc56)cc4)cc3)cccc2c1O. The summed E-state index contributed by atoms with van der Waals surface area (Å²) in [6.45, 7) is 0. The Morgan fingerprint density at radius 1 is 0.478 bits per heavy atom. The van der Waals surface area contributed by atoms with E-state index >= 15 is 0 Å². The second kappa shape index (κ2) is 11.4. The molecular weight excluding hydrogens is 629 g/mol. The van der Waals surface area contributed by atoms with Crippen molar-refractivity contribution in [2.24, 2.45) is 0 Å². The molecule has 14 heteroatoms. The van der Waals surface area contributed by atoms with Gasteiger partial charge in [-0.25, -0.2) is 16.8 Å². The van der Waals surface area contributed by atoms with Gasteiger partial charge in [0, 0.05) is 45.1 Å². The molecule has 0 fully saturated rings. The van der Waals surface area contributed by atoms with Crippen molar-refractivity contribution in [2.75, 3.05) is 9.44 Å². The third-order valence-electron chi connectivity index (χ3n) is 7.35. The number of fused-ring (bicyclic) bond motifs is 2. The molecule has 0 bridgehead atoms. The van der Waals surface area contributed by atoms with E-state index in [1.807, 2.05) is 0 Å². The number of hydrogen-bond donors (Lipinski definition) is 4. The minimum atomic E-state index is -4.07. The van der Waals surface area contributed by atoms with Crippen molar-refractivity contribution in [2.45, 2.75) is 9.79 Å². The largest absolute Gasteiger partial charge is 0.501 e. The predicted octanol–water partition coefficient (Wildman–Crippen LogP) is 7.64. The maximum Gasteiger partial charge on any atom is 0.426 e. The number of benzene rings is 6. The zero-order valence-corrected chi connectivity index (χ0v) is 25.2. The molecule has 6 aromatic carbocycles. The molecule has 46 heavy (non-hydrogen) atoms. The predicted molar refractivity (Wildman–Crippen MR) is 174 cm³/mol. The lowest BCUT2D eigenvalue weighted by Crippen LogP contribution is -2.13. The molecule has 0 radical (unpaired) electrons. The molecule has 0 saturated heterocycles. The molecule has 0 spiro atoms. The lowest BCUT2D eigenvalue weighted by atomic mass is 10.1. The molecule has 0 atom stereocenters. The fourth-order valence-electron chi connectivity index (χ4n) is 5.11. The smallest absolute Gasteiger partial charge is 0.426 e. The summed E-state index contributed by atoms with van der Waals surface area (Å²) in [5.74, 6) is -0.689. The highest BCUT2D eigenvalue weighted by atomic mass is 32.2. The molecular formula is C32H22N6O6S2+2. The van der Waals surface area contributed by atoms with Crippen LogP contribution in [0.3, 0.4) is 0 Å². The summed E-state index contributed by atoms with van der Waals surface area (Å²) in [6, 6.07) is 27.4. The number of sulfonamides is 2. The minimum Gasteiger partial charge on any atom is -0.501 e. The standard InChI is InChI=1S/C32H20N6O6S2/c33-35-27-17-15-23-25(31(27)39)3-1-5-29(23)45(41,42)37-21-11-7-19(8-12-21)20-9-13-22(14-10-20)38-46(43,44)30-6-2-4-26-24(30)16-18-28(36-34)32(26)40/h1-18,33H,(H-,39,40)/p+2. The number of nitrogens with zero attached hydrogens (tertiary/aromatic N) is 4. The highest BCUT2D eigenvalue weighted by Gasteiger charge is 2.24. The van der Waals surface area contributed by atoms with Crippen LogP contribution in [0.25, 0.3) is 42.6 Å². The van der Waals surface area contributed by atoms with Gasteiger partial charge in [0.2, 0.25) is 22.3 Å². The van der Waals surface area contributed by atoms with Crippen molar-refractivity contribution in [3.8, 4) is 22.6 Å². The average molecular weight is 651 g/mol. The number of anilines is 2. The van der Waals surface area contributed by atoms with Gasteiger partial charge in [-0.15, -0.1) is 0 Å². The normalized spacial score (nSPS) is 11.5. The highest BCUT2D eigenvalue weighted by Crippen LogP contribution is 2.39. The van der Waals surface area contributed by atoms with Crippen molar-refractivity contribution in [1.82, 2.24) is 0 Å². The summed E-state index contributed by atoms with van der Waals surface area (Å²) in [5, 5.41) is 39.7. The highest BCUT2D eigenvalue weighted by molar-refractivity contribution is 7.93. The van der Waals surface area contributed by atoms with Crippen LogP contribution >= 0.6 is 0 Å². The van der Waals surface area contributed by atoms with Crippen LogP contribution in [0.2, 0.25) is 0 Å². The van der Waals surface area contributed by atoms with E-state index < -0.39 is 20.0 Å². The Morgan fingerprint density at radius 2 is 0.848 bits per heavy atom. The van der Waals surface area contributed by atoms with Crippen LogP contribution in [0.5, 0.6) is 11.5 Å². The van der Waals surface area contributed by atoms with Crippen LogP contribution in [0.15, 0.2) is 119 Å². The van der Waals surface area contributed by atoms with Crippen LogP contribution in [0, 0.1) is 10.8 Å². The van der Waals surface area contributed by atoms with Gasteiger partial charge in [-0.1, -0.05) is 48.5 Å². The second-order valence-corrected chi connectivity index (χ2v) is 13.4. The van der Waals surface area contributed by atoms with Gasteiger partial charge in [0.25, 0.3) is 20.0 Å². The molecule has 6 rings (SSSR count). The molecule has 0 aromatic heterocycles. The van der Waals surface area contributed by atoms with Crippen LogP contribution in [0.1, 0.15) is 0 Å². The summed E-state index contributed by atoms with van der Waals surface area (Å²) in [4.78, 5) is 5.86. The first-order valence-corrected chi connectivity index (χ1v) is 16.4. The quantitative estimate of drug-likeness (QED) is 0.127. The zero-order valence-electron chi connectivity index (χ0n) is 23.5. The molecule has 4 N–H and O–H groups in total. The maximum atomic E-state index is 13.3. The van der Waals surface area contributed by atoms with E-state index in [0.29, 0.717) is 0 Å². The lowest BCUT2D eigenvalue weighted by molar-refractivity contribution is 0.484. The van der Waals surface area contributed by atoms with Gasteiger partial charge in [0.15, 0.2) is 9.95 Å². The maximum absolute atomic E-state index is 13.3. The number of diazo groups is 2. The van der Waals surface area contributed by atoms with Crippen molar-refractivity contribution < 1.29 is 27.0 Å². The van der Waals surface area contributed by atoms with Gasteiger partial charge in [-0.3, -0.25) is 9.44 Å². The third-order valence-corrected chi connectivity index (χ3v) is 10.2. The molecule has 226 valence electrons. The van der Waals surface area contributed by atoms with Crippen molar-refractivity contribution in [1.29, 1.82) is 10.8 Å². The van der Waals surface area contributed by atoms with E-state index in [2.05, 4.69) is 19.4 Å². The van der Waals surface area contributed by atoms with E-state index in [0.717, 1.165) is 11.1 Å². The van der Waals surface area contributed by atoms with E-state index in [1.54, 1.807) is 48.5 Å². The molecule has 6 aromatic rings. The number of phenolic OH excluding ortho intramolecular Hbond substituents is 2. The van der Waals surface area contributed by atoms with Crippen LogP contribution in [-0.2, 0) is 20.0 Å². The Morgan fingerprint density at radius 3 is 1.20 bits per heavy atom. The minimum absolute atomic E-state index is 0.0716. The van der Waals surface area contributed by atoms with Gasteiger partial charge in [0.1, 0.15) is 0 Å². The molecule has 0 aliphatic heterocycles. The number of phenols is 2. The number of nitrogens with one attached hydrogen (secondary N) is 2. The molecule has 0 unspecified atom stereocenters. The van der Waals surface area contributed by atoms with Gasteiger partial charge >= 0.3 is 11.4 Å². The molecule has 0 aliphatic rings. The van der Waals surface area contributed by atoms with Crippen LogP contribution < -0.4 is 9.44 Å². The first-order chi connectivity index (χ1) is 22.0. The average Bonchev–Trinajstić information content (AvgIpc) is 3.05. The van der Waals surface area contributed by atoms with E-state index in [1.165, 1.54) is 60.7 Å². The summed E-state index contributed by atoms with van der Waals surface area (Å²) in [6.07, 6.45) is 0. The summed E-state index contributed by atoms with van der Waals surface area (Å²) in [5.41, 5.74) is 1.88. The van der Waals surface area contributed by atoms with Crippen LogP contribution in [-0.4, -0.2) is 27.0 Å². The zero-order chi connectivity index (χ0) is 32.6.